The molecule has 0 aromatic carbocycles. The van der Waals surface area contributed by atoms with Crippen molar-refractivity contribution in [2.75, 3.05) is 19.8 Å². The first kappa shape index (κ1) is 14.3. The van der Waals surface area contributed by atoms with E-state index in [0.29, 0.717) is 5.25 Å². The number of aliphatic hydroxyl groups excluding tert-OH is 1. The lowest BCUT2D eigenvalue weighted by Gasteiger charge is -2.35. The highest BCUT2D eigenvalue weighted by Crippen LogP contribution is 2.32. The summed E-state index contributed by atoms with van der Waals surface area (Å²) < 4.78 is 5.34. The van der Waals surface area contributed by atoms with E-state index in [1.165, 1.54) is 0 Å². The van der Waals surface area contributed by atoms with Gasteiger partial charge in [0, 0.05) is 29.8 Å². The fourth-order valence-electron chi connectivity index (χ4n) is 1.86. The van der Waals surface area contributed by atoms with Gasteiger partial charge in [0.2, 0.25) is 0 Å². The summed E-state index contributed by atoms with van der Waals surface area (Å²) >= 11 is 1.85. The van der Waals surface area contributed by atoms with Crippen LogP contribution < -0.4 is 5.73 Å². The quantitative estimate of drug-likeness (QED) is 0.793. The van der Waals surface area contributed by atoms with Crippen LogP contribution in [0, 0.1) is 5.41 Å². The third-order valence-electron chi connectivity index (χ3n) is 3.12. The number of aliphatic hydroxyl groups is 1. The lowest BCUT2D eigenvalue weighted by Crippen LogP contribution is -2.46. The lowest BCUT2D eigenvalue weighted by molar-refractivity contribution is 0.0996. The maximum Gasteiger partial charge on any atom is 0.0565 e. The molecular formula is C12H25NO2S. The Hall–Kier alpha value is 0.230. The van der Waals surface area contributed by atoms with E-state index in [0.717, 1.165) is 26.1 Å². The van der Waals surface area contributed by atoms with Crippen LogP contribution in [0.1, 0.15) is 33.6 Å². The molecule has 0 aliphatic carbocycles. The summed E-state index contributed by atoms with van der Waals surface area (Å²) in [6, 6.07) is 0.0327. The van der Waals surface area contributed by atoms with E-state index in [4.69, 9.17) is 10.5 Å². The molecule has 3 nitrogen and oxygen atoms in total. The first-order chi connectivity index (χ1) is 7.45. The number of hydrogen-bond acceptors (Lipinski definition) is 4. The van der Waals surface area contributed by atoms with Gasteiger partial charge in [-0.2, -0.15) is 11.8 Å². The Balaban J connectivity index is 2.47. The Kier molecular flexibility index (Phi) is 5.57. The van der Waals surface area contributed by atoms with E-state index in [1.807, 2.05) is 11.8 Å². The standard InChI is InChI=1S/C12H25NO2S/c1-12(2,3)11(13)10(8-14)16-9-4-6-15-7-5-9/h9-11,14H,4-8,13H2,1-3H3. The fraction of sp³-hybridized carbons (Fsp3) is 1.00. The van der Waals surface area contributed by atoms with Gasteiger partial charge in [0.1, 0.15) is 0 Å². The van der Waals surface area contributed by atoms with Crippen LogP contribution >= 0.6 is 11.8 Å². The van der Waals surface area contributed by atoms with Crippen molar-refractivity contribution in [3.05, 3.63) is 0 Å². The number of nitrogens with two attached hydrogens (primary N) is 1. The van der Waals surface area contributed by atoms with Crippen LogP contribution in [0.15, 0.2) is 0 Å². The number of hydrogen-bond donors (Lipinski definition) is 2. The molecule has 0 amide bonds. The summed E-state index contributed by atoms with van der Waals surface area (Å²) in [6.07, 6.45) is 2.16. The number of ether oxygens (including phenoxy) is 1. The molecule has 1 aliphatic heterocycles. The Morgan fingerprint density at radius 3 is 2.38 bits per heavy atom. The summed E-state index contributed by atoms with van der Waals surface area (Å²) in [6.45, 7) is 8.25. The van der Waals surface area contributed by atoms with Gasteiger partial charge >= 0.3 is 0 Å². The Morgan fingerprint density at radius 1 is 1.38 bits per heavy atom. The first-order valence-corrected chi connectivity index (χ1v) is 6.99. The van der Waals surface area contributed by atoms with E-state index in [-0.39, 0.29) is 23.3 Å². The smallest absolute Gasteiger partial charge is 0.0565 e. The molecule has 96 valence electrons. The SMILES string of the molecule is CC(C)(C)C(N)C(CO)SC1CCOCC1. The molecule has 0 aromatic rings. The molecular weight excluding hydrogens is 222 g/mol. The Morgan fingerprint density at radius 2 is 1.94 bits per heavy atom. The summed E-state index contributed by atoms with van der Waals surface area (Å²) in [5, 5.41) is 10.2. The molecule has 1 heterocycles. The van der Waals surface area contributed by atoms with Crippen LogP contribution in [0.25, 0.3) is 0 Å². The van der Waals surface area contributed by atoms with Crippen molar-refractivity contribution in [2.24, 2.45) is 11.1 Å². The minimum atomic E-state index is 0.0327. The molecule has 2 unspecified atom stereocenters. The first-order valence-electron chi connectivity index (χ1n) is 6.05. The predicted octanol–water partition coefficient (Wildman–Crippen LogP) is 1.63. The average molecular weight is 247 g/mol. The van der Waals surface area contributed by atoms with Gasteiger partial charge in [-0.05, 0) is 18.3 Å². The van der Waals surface area contributed by atoms with Gasteiger partial charge in [-0.3, -0.25) is 0 Å². The molecule has 1 rings (SSSR count). The highest BCUT2D eigenvalue weighted by Gasteiger charge is 2.31. The highest BCUT2D eigenvalue weighted by molar-refractivity contribution is 8.00. The minimum absolute atomic E-state index is 0.0327. The maximum absolute atomic E-state index is 9.46. The number of rotatable bonds is 4. The van der Waals surface area contributed by atoms with E-state index in [2.05, 4.69) is 20.8 Å². The summed E-state index contributed by atoms with van der Waals surface area (Å²) in [7, 11) is 0. The van der Waals surface area contributed by atoms with Crippen molar-refractivity contribution in [1.29, 1.82) is 0 Å². The zero-order valence-electron chi connectivity index (χ0n) is 10.6. The zero-order valence-corrected chi connectivity index (χ0v) is 11.4. The second-order valence-corrected chi connectivity index (χ2v) is 7.10. The summed E-state index contributed by atoms with van der Waals surface area (Å²) in [5.41, 5.74) is 6.26. The van der Waals surface area contributed by atoms with Crippen molar-refractivity contribution in [1.82, 2.24) is 0 Å². The molecule has 16 heavy (non-hydrogen) atoms. The molecule has 4 heteroatoms. The monoisotopic (exact) mass is 247 g/mol. The molecule has 0 aromatic heterocycles. The average Bonchev–Trinajstić information content (AvgIpc) is 2.25. The van der Waals surface area contributed by atoms with Crippen molar-refractivity contribution < 1.29 is 9.84 Å². The normalized spacial score (nSPS) is 23.1. The van der Waals surface area contributed by atoms with E-state index < -0.39 is 0 Å². The third kappa shape index (κ3) is 4.24. The lowest BCUT2D eigenvalue weighted by atomic mass is 9.85. The molecule has 2 atom stereocenters. The highest BCUT2D eigenvalue weighted by atomic mass is 32.2. The third-order valence-corrected chi connectivity index (χ3v) is 4.76. The zero-order chi connectivity index (χ0) is 12.2. The predicted molar refractivity (Wildman–Crippen MR) is 69.7 cm³/mol. The Labute approximate surface area is 103 Å². The van der Waals surface area contributed by atoms with Crippen molar-refractivity contribution in [2.45, 2.75) is 50.2 Å². The molecule has 1 fully saturated rings. The molecule has 0 saturated carbocycles. The molecule has 0 radical (unpaired) electrons. The van der Waals surface area contributed by atoms with Crippen molar-refractivity contribution in [3.63, 3.8) is 0 Å². The molecule has 3 N–H and O–H groups in total. The summed E-state index contributed by atoms with van der Waals surface area (Å²) in [5.74, 6) is 0. The van der Waals surface area contributed by atoms with Gasteiger partial charge < -0.3 is 15.6 Å². The van der Waals surface area contributed by atoms with E-state index in [1.54, 1.807) is 0 Å². The van der Waals surface area contributed by atoms with Gasteiger partial charge in [0.15, 0.2) is 0 Å². The van der Waals surface area contributed by atoms with Crippen LogP contribution in [0.2, 0.25) is 0 Å². The topological polar surface area (TPSA) is 55.5 Å². The minimum Gasteiger partial charge on any atom is -0.395 e. The van der Waals surface area contributed by atoms with E-state index in [9.17, 15) is 5.11 Å². The van der Waals surface area contributed by atoms with Crippen molar-refractivity contribution >= 4 is 11.8 Å². The molecule has 0 spiro atoms. The maximum atomic E-state index is 9.46. The second-order valence-electron chi connectivity index (χ2n) is 5.56. The van der Waals surface area contributed by atoms with Gasteiger partial charge in [-0.1, -0.05) is 20.8 Å². The van der Waals surface area contributed by atoms with Crippen LogP contribution in [0.3, 0.4) is 0 Å². The molecule has 1 saturated heterocycles. The number of thioether (sulfide) groups is 1. The van der Waals surface area contributed by atoms with Crippen LogP contribution in [-0.4, -0.2) is 41.5 Å². The largest absolute Gasteiger partial charge is 0.395 e. The van der Waals surface area contributed by atoms with Crippen LogP contribution in [0.5, 0.6) is 0 Å². The van der Waals surface area contributed by atoms with Crippen LogP contribution in [0.4, 0.5) is 0 Å². The van der Waals surface area contributed by atoms with Gasteiger partial charge in [0.25, 0.3) is 0 Å². The molecule has 0 bridgehead atoms. The van der Waals surface area contributed by atoms with Gasteiger partial charge in [-0.15, -0.1) is 0 Å². The van der Waals surface area contributed by atoms with E-state index >= 15 is 0 Å². The van der Waals surface area contributed by atoms with Crippen molar-refractivity contribution in [3.8, 4) is 0 Å². The second kappa shape index (κ2) is 6.24. The van der Waals surface area contributed by atoms with Gasteiger partial charge in [-0.25, -0.2) is 0 Å². The van der Waals surface area contributed by atoms with Gasteiger partial charge in [0.05, 0.1) is 6.61 Å². The molecule has 1 aliphatic rings. The Bertz CT molecular complexity index is 200. The fourth-order valence-corrected chi connectivity index (χ4v) is 3.48. The van der Waals surface area contributed by atoms with Crippen LogP contribution in [-0.2, 0) is 4.74 Å². The summed E-state index contributed by atoms with van der Waals surface area (Å²) in [4.78, 5) is 0.